The van der Waals surface area contributed by atoms with Crippen molar-refractivity contribution in [1.82, 2.24) is 14.5 Å². The van der Waals surface area contributed by atoms with Gasteiger partial charge in [0.25, 0.3) is 0 Å². The van der Waals surface area contributed by atoms with Gasteiger partial charge in [0, 0.05) is 31.9 Å². The maximum Gasteiger partial charge on any atom is 0.306 e. The standard InChI is InChI=1S/C17H27N3O3/c1-13-7-9-19(11-14(13)20-10-8-18-12-20)15(21)5-6-16(22)23-17(2,3)4/h8,10,12-14H,5-7,9,11H2,1-4H3/t13-,14+/m0/s1. The van der Waals surface area contributed by atoms with Crippen molar-refractivity contribution >= 4 is 11.9 Å². The van der Waals surface area contributed by atoms with Crippen molar-refractivity contribution in [2.45, 2.75) is 58.6 Å². The first-order chi connectivity index (χ1) is 10.8. The molecular formula is C17H27N3O3. The van der Waals surface area contributed by atoms with Crippen molar-refractivity contribution in [3.8, 4) is 0 Å². The molecule has 0 N–H and O–H groups in total. The highest BCUT2D eigenvalue weighted by atomic mass is 16.6. The predicted octanol–water partition coefficient (Wildman–Crippen LogP) is 2.41. The molecule has 2 rings (SSSR count). The largest absolute Gasteiger partial charge is 0.460 e. The number of rotatable bonds is 4. The Morgan fingerprint density at radius 1 is 1.30 bits per heavy atom. The molecule has 1 fully saturated rings. The van der Waals surface area contributed by atoms with Crippen LogP contribution in [0.15, 0.2) is 18.7 Å². The molecule has 0 aliphatic carbocycles. The zero-order chi connectivity index (χ0) is 17.0. The van der Waals surface area contributed by atoms with Crippen LogP contribution < -0.4 is 0 Å². The number of esters is 1. The Bertz CT molecular complexity index is 534. The molecular weight excluding hydrogens is 294 g/mol. The van der Waals surface area contributed by atoms with Gasteiger partial charge in [0.1, 0.15) is 5.60 Å². The van der Waals surface area contributed by atoms with Crippen LogP contribution in [0.5, 0.6) is 0 Å². The number of piperidine rings is 1. The van der Waals surface area contributed by atoms with Gasteiger partial charge < -0.3 is 14.2 Å². The van der Waals surface area contributed by atoms with Crippen LogP contribution in [-0.4, -0.2) is 45.0 Å². The Morgan fingerprint density at radius 2 is 2.04 bits per heavy atom. The van der Waals surface area contributed by atoms with Crippen LogP contribution in [-0.2, 0) is 14.3 Å². The first-order valence-corrected chi connectivity index (χ1v) is 8.23. The number of nitrogens with zero attached hydrogens (tertiary/aromatic N) is 3. The first kappa shape index (κ1) is 17.5. The van der Waals surface area contributed by atoms with Gasteiger partial charge in [-0.15, -0.1) is 0 Å². The van der Waals surface area contributed by atoms with E-state index in [1.54, 1.807) is 12.5 Å². The molecule has 1 aromatic heterocycles. The van der Waals surface area contributed by atoms with E-state index in [4.69, 9.17) is 4.74 Å². The lowest BCUT2D eigenvalue weighted by Gasteiger charge is -2.37. The molecule has 0 spiro atoms. The number of imidazole rings is 1. The minimum absolute atomic E-state index is 0.0212. The molecule has 1 aliphatic heterocycles. The second-order valence-corrected chi connectivity index (χ2v) is 7.27. The van der Waals surface area contributed by atoms with Crippen LogP contribution in [0, 0.1) is 5.92 Å². The van der Waals surface area contributed by atoms with E-state index < -0.39 is 5.60 Å². The van der Waals surface area contributed by atoms with Gasteiger partial charge in [-0.25, -0.2) is 4.98 Å². The lowest BCUT2D eigenvalue weighted by atomic mass is 9.93. The molecule has 1 aliphatic rings. The molecule has 0 unspecified atom stereocenters. The van der Waals surface area contributed by atoms with Crippen molar-refractivity contribution in [2.75, 3.05) is 13.1 Å². The molecule has 6 nitrogen and oxygen atoms in total. The smallest absolute Gasteiger partial charge is 0.306 e. The first-order valence-electron chi connectivity index (χ1n) is 8.23. The number of likely N-dealkylation sites (tertiary alicyclic amines) is 1. The zero-order valence-corrected chi connectivity index (χ0v) is 14.5. The van der Waals surface area contributed by atoms with Crippen LogP contribution in [0.1, 0.15) is 53.0 Å². The van der Waals surface area contributed by atoms with E-state index in [1.807, 2.05) is 31.9 Å². The van der Waals surface area contributed by atoms with Crippen molar-refractivity contribution in [1.29, 1.82) is 0 Å². The highest BCUT2D eigenvalue weighted by Gasteiger charge is 2.30. The molecule has 1 amide bonds. The molecule has 0 aromatic carbocycles. The average molecular weight is 321 g/mol. The number of hydrogen-bond donors (Lipinski definition) is 0. The second-order valence-electron chi connectivity index (χ2n) is 7.27. The van der Waals surface area contributed by atoms with Gasteiger partial charge in [0.15, 0.2) is 0 Å². The van der Waals surface area contributed by atoms with Gasteiger partial charge in [-0.05, 0) is 33.1 Å². The Morgan fingerprint density at radius 3 is 2.65 bits per heavy atom. The highest BCUT2D eigenvalue weighted by Crippen LogP contribution is 2.27. The van der Waals surface area contributed by atoms with Crippen molar-refractivity contribution in [3.05, 3.63) is 18.7 Å². The summed E-state index contributed by atoms with van der Waals surface area (Å²) in [5.41, 5.74) is -0.507. The van der Waals surface area contributed by atoms with Crippen molar-refractivity contribution < 1.29 is 14.3 Å². The van der Waals surface area contributed by atoms with E-state index in [0.717, 1.165) is 13.0 Å². The third kappa shape index (κ3) is 5.08. The summed E-state index contributed by atoms with van der Waals surface area (Å²) in [5, 5.41) is 0. The fourth-order valence-corrected chi connectivity index (χ4v) is 2.89. The monoisotopic (exact) mass is 321 g/mol. The molecule has 2 heterocycles. The van der Waals surface area contributed by atoms with Gasteiger partial charge in [0.05, 0.1) is 18.8 Å². The van der Waals surface area contributed by atoms with Crippen LogP contribution in [0.3, 0.4) is 0 Å². The summed E-state index contributed by atoms with van der Waals surface area (Å²) in [7, 11) is 0. The minimum Gasteiger partial charge on any atom is -0.460 e. The van der Waals surface area contributed by atoms with E-state index in [0.29, 0.717) is 12.5 Å². The zero-order valence-electron chi connectivity index (χ0n) is 14.5. The average Bonchev–Trinajstić information content (AvgIpc) is 2.97. The summed E-state index contributed by atoms with van der Waals surface area (Å²) >= 11 is 0. The Hall–Kier alpha value is -1.85. The topological polar surface area (TPSA) is 64.4 Å². The van der Waals surface area contributed by atoms with Crippen LogP contribution >= 0.6 is 0 Å². The van der Waals surface area contributed by atoms with Gasteiger partial charge in [-0.2, -0.15) is 0 Å². The second kappa shape index (κ2) is 7.15. The third-order valence-electron chi connectivity index (χ3n) is 4.14. The van der Waals surface area contributed by atoms with E-state index in [-0.39, 0.29) is 30.8 Å². The van der Waals surface area contributed by atoms with Crippen LogP contribution in [0.4, 0.5) is 0 Å². The summed E-state index contributed by atoms with van der Waals surface area (Å²) in [6.07, 6.45) is 6.81. The summed E-state index contributed by atoms with van der Waals surface area (Å²) in [5.74, 6) is 0.203. The number of amides is 1. The van der Waals surface area contributed by atoms with Gasteiger partial charge in [-0.1, -0.05) is 6.92 Å². The maximum absolute atomic E-state index is 12.4. The van der Waals surface area contributed by atoms with Gasteiger partial charge in [0.2, 0.25) is 5.91 Å². The summed E-state index contributed by atoms with van der Waals surface area (Å²) in [4.78, 5) is 30.1. The molecule has 128 valence electrons. The minimum atomic E-state index is -0.507. The van der Waals surface area contributed by atoms with E-state index in [1.165, 1.54) is 0 Å². The van der Waals surface area contributed by atoms with Crippen molar-refractivity contribution in [2.24, 2.45) is 5.92 Å². The molecule has 0 bridgehead atoms. The SMILES string of the molecule is C[C@H]1CCN(C(=O)CCC(=O)OC(C)(C)C)C[C@H]1n1ccnc1. The lowest BCUT2D eigenvalue weighted by Crippen LogP contribution is -2.43. The fourth-order valence-electron chi connectivity index (χ4n) is 2.89. The molecule has 0 radical (unpaired) electrons. The predicted molar refractivity (Wildman–Crippen MR) is 86.7 cm³/mol. The molecule has 6 heteroatoms. The van der Waals surface area contributed by atoms with Crippen LogP contribution in [0.25, 0.3) is 0 Å². The number of ether oxygens (including phenoxy) is 1. The summed E-state index contributed by atoms with van der Waals surface area (Å²) < 4.78 is 7.32. The lowest BCUT2D eigenvalue weighted by molar-refractivity contribution is -0.156. The number of carbonyl (C=O) groups is 2. The normalized spacial score (nSPS) is 22.0. The number of carbonyl (C=O) groups excluding carboxylic acids is 2. The summed E-state index contributed by atoms with van der Waals surface area (Å²) in [6.45, 7) is 9.11. The van der Waals surface area contributed by atoms with E-state index >= 15 is 0 Å². The molecule has 2 atom stereocenters. The van der Waals surface area contributed by atoms with Gasteiger partial charge >= 0.3 is 5.97 Å². The van der Waals surface area contributed by atoms with Crippen LogP contribution in [0.2, 0.25) is 0 Å². The Balaban J connectivity index is 1.86. The van der Waals surface area contributed by atoms with Crippen molar-refractivity contribution in [3.63, 3.8) is 0 Å². The fraction of sp³-hybridized carbons (Fsp3) is 0.706. The molecule has 23 heavy (non-hydrogen) atoms. The Labute approximate surface area is 137 Å². The third-order valence-corrected chi connectivity index (χ3v) is 4.14. The quantitative estimate of drug-likeness (QED) is 0.799. The number of aromatic nitrogens is 2. The summed E-state index contributed by atoms with van der Waals surface area (Å²) in [6, 6.07) is 0.247. The van der Waals surface area contributed by atoms with E-state index in [9.17, 15) is 9.59 Å². The van der Waals surface area contributed by atoms with Gasteiger partial charge in [-0.3, -0.25) is 9.59 Å². The molecule has 0 saturated carbocycles. The maximum atomic E-state index is 12.4. The number of hydrogen-bond acceptors (Lipinski definition) is 4. The van der Waals surface area contributed by atoms with E-state index in [2.05, 4.69) is 16.5 Å². The Kier molecular flexibility index (Phi) is 5.44. The highest BCUT2D eigenvalue weighted by molar-refractivity contribution is 5.81. The molecule has 1 saturated heterocycles. The molecule has 1 aromatic rings.